The summed E-state index contributed by atoms with van der Waals surface area (Å²) in [7, 11) is 1.68. The standard InChI is InChI=1S/C16H25NO2/c1-5-6-16(18)17-10-9-14-11-13(12(2)3)7-8-15(14)19-4/h7-8,11-12H,5-6,9-10H2,1-4H3,(H,17,18). The van der Waals surface area contributed by atoms with Crippen molar-refractivity contribution in [3.8, 4) is 5.75 Å². The number of benzene rings is 1. The zero-order valence-corrected chi connectivity index (χ0v) is 12.5. The van der Waals surface area contributed by atoms with Gasteiger partial charge in [-0.1, -0.05) is 32.9 Å². The molecule has 1 rings (SSSR count). The van der Waals surface area contributed by atoms with Gasteiger partial charge in [0.25, 0.3) is 0 Å². The minimum absolute atomic E-state index is 0.126. The second-order valence-electron chi connectivity index (χ2n) is 5.08. The molecule has 0 heterocycles. The van der Waals surface area contributed by atoms with Crippen molar-refractivity contribution in [2.45, 2.75) is 46.0 Å². The predicted molar refractivity (Wildman–Crippen MR) is 78.7 cm³/mol. The fourth-order valence-corrected chi connectivity index (χ4v) is 2.01. The Labute approximate surface area is 116 Å². The van der Waals surface area contributed by atoms with Crippen molar-refractivity contribution in [3.63, 3.8) is 0 Å². The summed E-state index contributed by atoms with van der Waals surface area (Å²) in [6.45, 7) is 7.02. The summed E-state index contributed by atoms with van der Waals surface area (Å²) < 4.78 is 5.37. The average molecular weight is 263 g/mol. The van der Waals surface area contributed by atoms with E-state index in [1.165, 1.54) is 5.56 Å². The Hall–Kier alpha value is -1.51. The Kier molecular flexibility index (Phi) is 6.40. The van der Waals surface area contributed by atoms with Crippen LogP contribution in [0.4, 0.5) is 0 Å². The Morgan fingerprint density at radius 2 is 2.11 bits per heavy atom. The largest absolute Gasteiger partial charge is 0.496 e. The number of rotatable bonds is 7. The summed E-state index contributed by atoms with van der Waals surface area (Å²) in [6.07, 6.45) is 2.29. The lowest BCUT2D eigenvalue weighted by Gasteiger charge is -2.13. The topological polar surface area (TPSA) is 38.3 Å². The van der Waals surface area contributed by atoms with E-state index in [9.17, 15) is 4.79 Å². The Balaban J connectivity index is 2.65. The summed E-state index contributed by atoms with van der Waals surface area (Å²) in [5, 5.41) is 2.94. The highest BCUT2D eigenvalue weighted by Crippen LogP contribution is 2.24. The number of nitrogens with one attached hydrogen (secondary N) is 1. The molecule has 0 atom stereocenters. The van der Waals surface area contributed by atoms with Crippen LogP contribution in [0.3, 0.4) is 0 Å². The molecule has 1 N–H and O–H groups in total. The smallest absolute Gasteiger partial charge is 0.219 e. The van der Waals surface area contributed by atoms with E-state index in [-0.39, 0.29) is 5.91 Å². The van der Waals surface area contributed by atoms with Gasteiger partial charge >= 0.3 is 0 Å². The lowest BCUT2D eigenvalue weighted by atomic mass is 9.99. The minimum Gasteiger partial charge on any atom is -0.496 e. The molecule has 0 aliphatic rings. The molecule has 3 nitrogen and oxygen atoms in total. The summed E-state index contributed by atoms with van der Waals surface area (Å²) in [6, 6.07) is 6.29. The average Bonchev–Trinajstić information content (AvgIpc) is 2.38. The lowest BCUT2D eigenvalue weighted by molar-refractivity contribution is -0.121. The molecule has 0 saturated heterocycles. The second-order valence-corrected chi connectivity index (χ2v) is 5.08. The van der Waals surface area contributed by atoms with E-state index >= 15 is 0 Å². The molecule has 3 heteroatoms. The molecule has 0 saturated carbocycles. The molecule has 0 aromatic heterocycles. The molecule has 0 bridgehead atoms. The normalized spacial score (nSPS) is 10.6. The van der Waals surface area contributed by atoms with E-state index in [0.29, 0.717) is 18.9 Å². The Morgan fingerprint density at radius 1 is 1.37 bits per heavy atom. The van der Waals surface area contributed by atoms with Crippen LogP contribution in [0, 0.1) is 0 Å². The first-order valence-corrected chi connectivity index (χ1v) is 7.02. The zero-order valence-electron chi connectivity index (χ0n) is 12.5. The van der Waals surface area contributed by atoms with Crippen LogP contribution in [0.5, 0.6) is 5.75 Å². The third kappa shape index (κ3) is 4.93. The van der Waals surface area contributed by atoms with Gasteiger partial charge in [-0.3, -0.25) is 4.79 Å². The van der Waals surface area contributed by atoms with Gasteiger partial charge in [0.2, 0.25) is 5.91 Å². The van der Waals surface area contributed by atoms with Crippen LogP contribution in [-0.4, -0.2) is 19.6 Å². The van der Waals surface area contributed by atoms with Gasteiger partial charge in [0, 0.05) is 13.0 Å². The highest BCUT2D eigenvalue weighted by Gasteiger charge is 2.07. The predicted octanol–water partition coefficient (Wildman–Crippen LogP) is 3.28. The monoisotopic (exact) mass is 263 g/mol. The molecule has 1 aromatic carbocycles. The van der Waals surface area contributed by atoms with E-state index < -0.39 is 0 Å². The van der Waals surface area contributed by atoms with Gasteiger partial charge in [0.15, 0.2) is 0 Å². The van der Waals surface area contributed by atoms with Crippen molar-refractivity contribution in [2.24, 2.45) is 0 Å². The first-order chi connectivity index (χ1) is 9.08. The highest BCUT2D eigenvalue weighted by molar-refractivity contribution is 5.75. The SMILES string of the molecule is CCCC(=O)NCCc1cc(C(C)C)ccc1OC. The molecule has 106 valence electrons. The fourth-order valence-electron chi connectivity index (χ4n) is 2.01. The van der Waals surface area contributed by atoms with Crippen LogP contribution >= 0.6 is 0 Å². The number of carbonyl (C=O) groups excluding carboxylic acids is 1. The van der Waals surface area contributed by atoms with Gasteiger partial charge in [-0.05, 0) is 36.0 Å². The van der Waals surface area contributed by atoms with E-state index in [2.05, 4.69) is 31.3 Å². The van der Waals surface area contributed by atoms with Crippen LogP contribution in [-0.2, 0) is 11.2 Å². The van der Waals surface area contributed by atoms with E-state index in [4.69, 9.17) is 4.74 Å². The summed E-state index contributed by atoms with van der Waals surface area (Å²) in [5.41, 5.74) is 2.46. The fraction of sp³-hybridized carbons (Fsp3) is 0.562. The first kappa shape index (κ1) is 15.5. The van der Waals surface area contributed by atoms with Gasteiger partial charge in [-0.25, -0.2) is 0 Å². The van der Waals surface area contributed by atoms with Gasteiger partial charge in [0.1, 0.15) is 5.75 Å². The van der Waals surface area contributed by atoms with Crippen LogP contribution in [0.15, 0.2) is 18.2 Å². The van der Waals surface area contributed by atoms with E-state index in [1.807, 2.05) is 13.0 Å². The van der Waals surface area contributed by atoms with Gasteiger partial charge in [-0.15, -0.1) is 0 Å². The molecule has 0 aliphatic heterocycles. The Morgan fingerprint density at radius 3 is 2.68 bits per heavy atom. The maximum atomic E-state index is 11.4. The molecule has 0 fully saturated rings. The van der Waals surface area contributed by atoms with Crippen molar-refractivity contribution in [2.75, 3.05) is 13.7 Å². The number of hydrogen-bond acceptors (Lipinski definition) is 2. The van der Waals surface area contributed by atoms with Gasteiger partial charge in [0.05, 0.1) is 7.11 Å². The van der Waals surface area contributed by atoms with E-state index in [0.717, 1.165) is 24.2 Å². The molecular formula is C16H25NO2. The molecule has 1 amide bonds. The van der Waals surface area contributed by atoms with Crippen LogP contribution in [0.25, 0.3) is 0 Å². The molecule has 19 heavy (non-hydrogen) atoms. The number of hydrogen-bond donors (Lipinski definition) is 1. The van der Waals surface area contributed by atoms with Crippen LogP contribution < -0.4 is 10.1 Å². The van der Waals surface area contributed by atoms with Crippen molar-refractivity contribution < 1.29 is 9.53 Å². The maximum Gasteiger partial charge on any atom is 0.219 e. The zero-order chi connectivity index (χ0) is 14.3. The van der Waals surface area contributed by atoms with Crippen LogP contribution in [0.2, 0.25) is 0 Å². The number of amides is 1. The third-order valence-electron chi connectivity index (χ3n) is 3.16. The van der Waals surface area contributed by atoms with Gasteiger partial charge < -0.3 is 10.1 Å². The summed E-state index contributed by atoms with van der Waals surface area (Å²) in [4.78, 5) is 11.4. The van der Waals surface area contributed by atoms with Crippen molar-refractivity contribution in [1.29, 1.82) is 0 Å². The van der Waals surface area contributed by atoms with Gasteiger partial charge in [-0.2, -0.15) is 0 Å². The third-order valence-corrected chi connectivity index (χ3v) is 3.16. The molecule has 0 spiro atoms. The number of ether oxygens (including phenoxy) is 1. The maximum absolute atomic E-state index is 11.4. The van der Waals surface area contributed by atoms with Crippen LogP contribution in [0.1, 0.15) is 50.7 Å². The molecule has 0 aliphatic carbocycles. The Bertz CT molecular complexity index is 413. The highest BCUT2D eigenvalue weighted by atomic mass is 16.5. The molecular weight excluding hydrogens is 238 g/mol. The van der Waals surface area contributed by atoms with Crippen molar-refractivity contribution >= 4 is 5.91 Å². The lowest BCUT2D eigenvalue weighted by Crippen LogP contribution is -2.25. The van der Waals surface area contributed by atoms with Crippen molar-refractivity contribution in [1.82, 2.24) is 5.32 Å². The van der Waals surface area contributed by atoms with E-state index in [1.54, 1.807) is 7.11 Å². The minimum atomic E-state index is 0.126. The summed E-state index contributed by atoms with van der Waals surface area (Å²) >= 11 is 0. The quantitative estimate of drug-likeness (QED) is 0.820. The second kappa shape index (κ2) is 7.82. The summed E-state index contributed by atoms with van der Waals surface area (Å²) in [5.74, 6) is 1.52. The molecule has 0 unspecified atom stereocenters. The first-order valence-electron chi connectivity index (χ1n) is 7.02. The number of methoxy groups -OCH3 is 1. The van der Waals surface area contributed by atoms with Crippen molar-refractivity contribution in [3.05, 3.63) is 29.3 Å². The molecule has 0 radical (unpaired) electrons. The molecule has 1 aromatic rings. The number of carbonyl (C=O) groups is 1.